The van der Waals surface area contributed by atoms with Crippen LogP contribution in [0.3, 0.4) is 0 Å². The van der Waals surface area contributed by atoms with E-state index in [0.29, 0.717) is 45.6 Å². The molecule has 2 atom stereocenters. The highest BCUT2D eigenvalue weighted by molar-refractivity contribution is 7.10. The SMILES string of the molecule is CN(C[C@@H]1OCCc2ccsc21)C(=O)CCCC(=O)N(C)C[C@@H]1OCCc2ccsc21. The average molecular weight is 463 g/mol. The van der Waals surface area contributed by atoms with E-state index in [4.69, 9.17) is 9.47 Å². The molecule has 0 spiro atoms. The molecule has 2 aromatic rings. The first kappa shape index (κ1) is 22.5. The van der Waals surface area contributed by atoms with Crippen molar-refractivity contribution in [3.8, 4) is 0 Å². The largest absolute Gasteiger partial charge is 0.370 e. The van der Waals surface area contributed by atoms with Crippen molar-refractivity contribution in [1.29, 1.82) is 0 Å². The van der Waals surface area contributed by atoms with Crippen LogP contribution in [0.2, 0.25) is 0 Å². The Hall–Kier alpha value is -1.74. The summed E-state index contributed by atoms with van der Waals surface area (Å²) >= 11 is 3.40. The van der Waals surface area contributed by atoms with E-state index in [1.54, 1.807) is 32.5 Å². The quantitative estimate of drug-likeness (QED) is 0.598. The summed E-state index contributed by atoms with van der Waals surface area (Å²) in [6.07, 6.45) is 3.11. The van der Waals surface area contributed by atoms with Gasteiger partial charge in [-0.2, -0.15) is 0 Å². The summed E-state index contributed by atoms with van der Waals surface area (Å²) in [6.45, 7) is 2.52. The fourth-order valence-corrected chi connectivity index (χ4v) is 6.18. The molecule has 4 heterocycles. The van der Waals surface area contributed by atoms with Crippen molar-refractivity contribution in [3.05, 3.63) is 43.8 Å². The third-order valence-corrected chi connectivity index (χ3v) is 8.14. The van der Waals surface area contributed by atoms with Gasteiger partial charge >= 0.3 is 0 Å². The number of amides is 2. The first-order valence-electron chi connectivity index (χ1n) is 10.9. The van der Waals surface area contributed by atoms with Gasteiger partial charge in [-0.05, 0) is 53.3 Å². The summed E-state index contributed by atoms with van der Waals surface area (Å²) in [7, 11) is 3.64. The molecule has 0 radical (unpaired) electrons. The Bertz CT molecular complexity index is 837. The monoisotopic (exact) mass is 462 g/mol. The molecule has 8 heteroatoms. The van der Waals surface area contributed by atoms with Gasteiger partial charge in [0.05, 0.1) is 26.3 Å². The molecule has 2 aliphatic rings. The zero-order valence-electron chi connectivity index (χ0n) is 18.2. The minimum Gasteiger partial charge on any atom is -0.370 e. The van der Waals surface area contributed by atoms with Crippen molar-refractivity contribution in [1.82, 2.24) is 9.80 Å². The van der Waals surface area contributed by atoms with Crippen LogP contribution in [0.25, 0.3) is 0 Å². The van der Waals surface area contributed by atoms with Crippen molar-refractivity contribution in [2.45, 2.75) is 44.3 Å². The van der Waals surface area contributed by atoms with Crippen molar-refractivity contribution < 1.29 is 19.1 Å². The van der Waals surface area contributed by atoms with Gasteiger partial charge in [0.25, 0.3) is 0 Å². The van der Waals surface area contributed by atoms with Crippen LogP contribution in [-0.4, -0.2) is 62.0 Å². The lowest BCUT2D eigenvalue weighted by molar-refractivity contribution is -0.133. The summed E-state index contributed by atoms with van der Waals surface area (Å²) in [5.41, 5.74) is 2.68. The summed E-state index contributed by atoms with van der Waals surface area (Å²) in [5, 5.41) is 4.18. The number of rotatable bonds is 8. The lowest BCUT2D eigenvalue weighted by Crippen LogP contribution is -2.34. The van der Waals surface area contributed by atoms with E-state index in [2.05, 4.69) is 22.9 Å². The predicted molar refractivity (Wildman–Crippen MR) is 123 cm³/mol. The number of nitrogens with zero attached hydrogens (tertiary/aromatic N) is 2. The van der Waals surface area contributed by atoms with Crippen LogP contribution < -0.4 is 0 Å². The maximum atomic E-state index is 12.6. The Balaban J connectivity index is 1.19. The van der Waals surface area contributed by atoms with Crippen LogP contribution in [0, 0.1) is 0 Å². The molecule has 2 aromatic heterocycles. The van der Waals surface area contributed by atoms with Crippen LogP contribution in [-0.2, 0) is 31.9 Å². The lowest BCUT2D eigenvalue weighted by Gasteiger charge is -2.28. The molecule has 0 unspecified atom stereocenters. The van der Waals surface area contributed by atoms with Gasteiger partial charge in [-0.1, -0.05) is 0 Å². The maximum Gasteiger partial charge on any atom is 0.222 e. The lowest BCUT2D eigenvalue weighted by atomic mass is 10.1. The molecule has 6 nitrogen and oxygen atoms in total. The summed E-state index contributed by atoms with van der Waals surface area (Å²) < 4.78 is 11.8. The molecule has 2 amide bonds. The van der Waals surface area contributed by atoms with E-state index in [-0.39, 0.29) is 24.0 Å². The number of ether oxygens (including phenoxy) is 2. The second kappa shape index (κ2) is 10.3. The van der Waals surface area contributed by atoms with Crippen molar-refractivity contribution >= 4 is 34.5 Å². The van der Waals surface area contributed by atoms with E-state index >= 15 is 0 Å². The van der Waals surface area contributed by atoms with Crippen molar-refractivity contribution in [3.63, 3.8) is 0 Å². The third kappa shape index (κ3) is 5.37. The minimum absolute atomic E-state index is 0.0388. The Kier molecular flexibility index (Phi) is 7.43. The highest BCUT2D eigenvalue weighted by Gasteiger charge is 2.26. The van der Waals surface area contributed by atoms with E-state index in [1.807, 2.05) is 14.1 Å². The molecule has 0 N–H and O–H groups in total. The summed E-state index contributed by atoms with van der Waals surface area (Å²) in [5.74, 6) is 0.114. The zero-order valence-corrected chi connectivity index (χ0v) is 19.8. The standard InChI is InChI=1S/C23H30N2O4S2/c1-24(14-18-22-16(6-10-28-18)8-12-30-22)20(26)4-3-5-21(27)25(2)15-19-23-17(7-11-29-19)9-13-31-23/h8-9,12-13,18-19H,3-7,10-11,14-15H2,1-2H3/t18-,19-/m0/s1. The van der Waals surface area contributed by atoms with E-state index < -0.39 is 0 Å². The van der Waals surface area contributed by atoms with Gasteiger partial charge in [0.1, 0.15) is 12.2 Å². The van der Waals surface area contributed by atoms with Gasteiger partial charge in [-0.3, -0.25) is 9.59 Å². The highest BCUT2D eigenvalue weighted by Crippen LogP contribution is 2.33. The van der Waals surface area contributed by atoms with Gasteiger partial charge < -0.3 is 19.3 Å². The number of carbonyl (C=O) groups excluding carboxylic acids is 2. The van der Waals surface area contributed by atoms with Crippen molar-refractivity contribution in [2.24, 2.45) is 0 Å². The molecule has 4 rings (SSSR count). The van der Waals surface area contributed by atoms with Gasteiger partial charge in [0.2, 0.25) is 11.8 Å². The fraction of sp³-hybridized carbons (Fsp3) is 0.565. The number of fused-ring (bicyclic) bond motifs is 2. The Morgan fingerprint density at radius 2 is 1.32 bits per heavy atom. The Morgan fingerprint density at radius 3 is 1.77 bits per heavy atom. The Morgan fingerprint density at radius 1 is 0.871 bits per heavy atom. The molecule has 0 bridgehead atoms. The van der Waals surface area contributed by atoms with Crippen LogP contribution in [0.15, 0.2) is 22.9 Å². The molecule has 31 heavy (non-hydrogen) atoms. The summed E-state index contributed by atoms with van der Waals surface area (Å²) in [6, 6.07) is 4.30. The molecule has 0 fully saturated rings. The van der Waals surface area contributed by atoms with Gasteiger partial charge in [0.15, 0.2) is 0 Å². The smallest absolute Gasteiger partial charge is 0.222 e. The molecule has 0 saturated heterocycles. The fourth-order valence-electron chi connectivity index (χ4n) is 4.19. The minimum atomic E-state index is -0.0388. The molecule has 0 aliphatic carbocycles. The second-order valence-corrected chi connectivity index (χ2v) is 10.1. The molecule has 0 saturated carbocycles. The highest BCUT2D eigenvalue weighted by atomic mass is 32.1. The van der Waals surface area contributed by atoms with Crippen LogP contribution in [0.4, 0.5) is 0 Å². The second-order valence-electron chi connectivity index (χ2n) is 8.24. The number of likely N-dealkylation sites (N-methyl/N-ethyl adjacent to an activating group) is 2. The molecule has 168 valence electrons. The van der Waals surface area contributed by atoms with Gasteiger partial charge in [-0.25, -0.2) is 0 Å². The Labute approximate surface area is 191 Å². The normalized spacial score (nSPS) is 20.1. The number of hydrogen-bond donors (Lipinski definition) is 0. The first-order chi connectivity index (χ1) is 15.0. The van der Waals surface area contributed by atoms with E-state index in [9.17, 15) is 9.59 Å². The average Bonchev–Trinajstić information content (AvgIpc) is 3.43. The molecule has 2 aliphatic heterocycles. The number of hydrogen-bond acceptors (Lipinski definition) is 6. The number of thiophene rings is 2. The van der Waals surface area contributed by atoms with Crippen LogP contribution >= 0.6 is 22.7 Å². The molecule has 0 aromatic carbocycles. The summed E-state index contributed by atoms with van der Waals surface area (Å²) in [4.78, 5) is 31.1. The molecular weight excluding hydrogens is 432 g/mol. The van der Waals surface area contributed by atoms with E-state index in [0.717, 1.165) is 12.8 Å². The maximum absolute atomic E-state index is 12.6. The van der Waals surface area contributed by atoms with E-state index in [1.165, 1.54) is 20.9 Å². The first-order valence-corrected chi connectivity index (χ1v) is 12.6. The topological polar surface area (TPSA) is 59.1 Å². The third-order valence-electron chi connectivity index (χ3n) is 6.04. The zero-order chi connectivity index (χ0) is 21.8. The number of carbonyl (C=O) groups is 2. The van der Waals surface area contributed by atoms with Crippen molar-refractivity contribution in [2.75, 3.05) is 40.4 Å². The van der Waals surface area contributed by atoms with Gasteiger partial charge in [-0.15, -0.1) is 22.7 Å². The van der Waals surface area contributed by atoms with Crippen LogP contribution in [0.1, 0.15) is 52.4 Å². The molecular formula is C23H30N2O4S2. The predicted octanol–water partition coefficient (Wildman–Crippen LogP) is 3.82. The van der Waals surface area contributed by atoms with Crippen LogP contribution in [0.5, 0.6) is 0 Å². The van der Waals surface area contributed by atoms with Gasteiger partial charge in [0, 0.05) is 36.7 Å².